The molecule has 2 aromatic heterocycles. The maximum absolute atomic E-state index is 12.3. The third-order valence-corrected chi connectivity index (χ3v) is 3.87. The number of carbonyl (C=O) groups is 1. The molecule has 0 N–H and O–H groups in total. The summed E-state index contributed by atoms with van der Waals surface area (Å²) in [7, 11) is 0. The number of halogens is 2. The zero-order valence-electron chi connectivity index (χ0n) is 12.2. The van der Waals surface area contributed by atoms with Crippen LogP contribution in [0.2, 0.25) is 0 Å². The molecule has 1 amide bonds. The van der Waals surface area contributed by atoms with E-state index >= 15 is 0 Å². The first-order valence-corrected chi connectivity index (χ1v) is 7.33. The SMILES string of the molecule is O=C(Cc1cn2ccccc2n1)N1CCN(CC(F)F)CC1. The molecule has 1 aliphatic heterocycles. The first-order chi connectivity index (χ1) is 10.6. The summed E-state index contributed by atoms with van der Waals surface area (Å²) >= 11 is 0. The van der Waals surface area contributed by atoms with Crippen LogP contribution in [0.1, 0.15) is 5.69 Å². The summed E-state index contributed by atoms with van der Waals surface area (Å²) in [4.78, 5) is 20.1. The topological polar surface area (TPSA) is 40.9 Å². The first kappa shape index (κ1) is 14.9. The zero-order chi connectivity index (χ0) is 15.5. The molecule has 0 aliphatic carbocycles. The van der Waals surface area contributed by atoms with Crippen molar-refractivity contribution in [3.63, 3.8) is 0 Å². The van der Waals surface area contributed by atoms with Gasteiger partial charge in [0.25, 0.3) is 6.43 Å². The number of rotatable bonds is 4. The molecule has 0 aromatic carbocycles. The van der Waals surface area contributed by atoms with Crippen molar-refractivity contribution < 1.29 is 13.6 Å². The van der Waals surface area contributed by atoms with Gasteiger partial charge in [-0.05, 0) is 12.1 Å². The quantitative estimate of drug-likeness (QED) is 0.854. The third-order valence-electron chi connectivity index (χ3n) is 3.87. The van der Waals surface area contributed by atoms with Gasteiger partial charge in [0, 0.05) is 38.6 Å². The molecule has 1 fully saturated rings. The molecule has 3 heterocycles. The van der Waals surface area contributed by atoms with Crippen LogP contribution in [-0.4, -0.2) is 64.2 Å². The van der Waals surface area contributed by atoms with Crippen molar-refractivity contribution in [2.75, 3.05) is 32.7 Å². The summed E-state index contributed by atoms with van der Waals surface area (Å²) in [6.45, 7) is 1.79. The van der Waals surface area contributed by atoms with E-state index in [4.69, 9.17) is 0 Å². The van der Waals surface area contributed by atoms with E-state index in [9.17, 15) is 13.6 Å². The Kier molecular flexibility index (Phi) is 4.33. The van der Waals surface area contributed by atoms with Crippen LogP contribution in [0.15, 0.2) is 30.6 Å². The first-order valence-electron chi connectivity index (χ1n) is 7.33. The number of piperazine rings is 1. The van der Waals surface area contributed by atoms with Crippen molar-refractivity contribution in [1.29, 1.82) is 0 Å². The van der Waals surface area contributed by atoms with Gasteiger partial charge in [-0.1, -0.05) is 6.07 Å². The molecule has 7 heteroatoms. The zero-order valence-corrected chi connectivity index (χ0v) is 12.2. The number of alkyl halides is 2. The lowest BCUT2D eigenvalue weighted by atomic mass is 10.2. The molecule has 118 valence electrons. The largest absolute Gasteiger partial charge is 0.340 e. The minimum Gasteiger partial charge on any atom is -0.340 e. The number of aromatic nitrogens is 2. The van der Waals surface area contributed by atoms with Gasteiger partial charge in [-0.25, -0.2) is 13.8 Å². The minimum atomic E-state index is -2.32. The lowest BCUT2D eigenvalue weighted by molar-refractivity contribution is -0.132. The van der Waals surface area contributed by atoms with Crippen molar-refractivity contribution in [1.82, 2.24) is 19.2 Å². The highest BCUT2D eigenvalue weighted by molar-refractivity contribution is 5.78. The Labute approximate surface area is 127 Å². The van der Waals surface area contributed by atoms with Crippen LogP contribution in [0.5, 0.6) is 0 Å². The molecule has 0 spiro atoms. The second kappa shape index (κ2) is 6.39. The van der Waals surface area contributed by atoms with E-state index < -0.39 is 6.43 Å². The number of hydrogen-bond donors (Lipinski definition) is 0. The monoisotopic (exact) mass is 308 g/mol. The Morgan fingerprint density at radius 1 is 1.23 bits per heavy atom. The smallest absolute Gasteiger partial charge is 0.251 e. The number of carbonyl (C=O) groups excluding carboxylic acids is 1. The van der Waals surface area contributed by atoms with Crippen molar-refractivity contribution in [2.45, 2.75) is 12.8 Å². The van der Waals surface area contributed by atoms with E-state index in [-0.39, 0.29) is 18.9 Å². The molecule has 5 nitrogen and oxygen atoms in total. The molecule has 22 heavy (non-hydrogen) atoms. The summed E-state index contributed by atoms with van der Waals surface area (Å²) in [5.74, 6) is 0.0000954. The summed E-state index contributed by atoms with van der Waals surface area (Å²) in [6, 6.07) is 5.69. The molecular weight excluding hydrogens is 290 g/mol. The van der Waals surface area contributed by atoms with Gasteiger partial charge >= 0.3 is 0 Å². The van der Waals surface area contributed by atoms with Crippen LogP contribution in [0.3, 0.4) is 0 Å². The third kappa shape index (κ3) is 3.41. The van der Waals surface area contributed by atoms with Crippen LogP contribution in [0.25, 0.3) is 5.65 Å². The van der Waals surface area contributed by atoms with Gasteiger partial charge in [0.2, 0.25) is 5.91 Å². The molecule has 0 unspecified atom stereocenters. The van der Waals surface area contributed by atoms with Crippen molar-refractivity contribution >= 4 is 11.6 Å². The predicted octanol–water partition coefficient (Wildman–Crippen LogP) is 1.29. The highest BCUT2D eigenvalue weighted by Crippen LogP contribution is 2.09. The fourth-order valence-corrected chi connectivity index (χ4v) is 2.71. The average Bonchev–Trinajstić information content (AvgIpc) is 2.89. The van der Waals surface area contributed by atoms with E-state index in [1.165, 1.54) is 0 Å². The van der Waals surface area contributed by atoms with Gasteiger partial charge in [0.15, 0.2) is 0 Å². The molecule has 1 saturated heterocycles. The van der Waals surface area contributed by atoms with E-state index in [1.54, 1.807) is 9.80 Å². The number of hydrogen-bond acceptors (Lipinski definition) is 3. The molecule has 0 atom stereocenters. The van der Waals surface area contributed by atoms with Gasteiger partial charge in [0.1, 0.15) is 5.65 Å². The normalized spacial score (nSPS) is 16.6. The lowest BCUT2D eigenvalue weighted by Gasteiger charge is -2.34. The highest BCUT2D eigenvalue weighted by atomic mass is 19.3. The van der Waals surface area contributed by atoms with E-state index in [0.29, 0.717) is 26.2 Å². The average molecular weight is 308 g/mol. The summed E-state index contributed by atoms with van der Waals surface area (Å²) < 4.78 is 26.5. The van der Waals surface area contributed by atoms with Crippen molar-refractivity contribution in [3.8, 4) is 0 Å². The fraction of sp³-hybridized carbons (Fsp3) is 0.467. The maximum atomic E-state index is 12.3. The standard InChI is InChI=1S/C15H18F2N4O/c16-13(17)11-19-5-7-20(8-6-19)15(22)9-12-10-21-4-2-1-3-14(21)18-12/h1-4,10,13H,5-9,11H2. The fourth-order valence-electron chi connectivity index (χ4n) is 2.71. The molecule has 0 bridgehead atoms. The van der Waals surface area contributed by atoms with Gasteiger partial charge in [-0.3, -0.25) is 9.69 Å². The Morgan fingerprint density at radius 2 is 2.00 bits per heavy atom. The Morgan fingerprint density at radius 3 is 2.68 bits per heavy atom. The lowest BCUT2D eigenvalue weighted by Crippen LogP contribution is -2.50. The van der Waals surface area contributed by atoms with E-state index in [0.717, 1.165) is 11.3 Å². The number of amides is 1. The van der Waals surface area contributed by atoms with Gasteiger partial charge in [0.05, 0.1) is 18.7 Å². The molecular formula is C15H18F2N4O. The van der Waals surface area contributed by atoms with E-state index in [1.807, 2.05) is 35.0 Å². The van der Waals surface area contributed by atoms with Crippen molar-refractivity contribution in [3.05, 3.63) is 36.3 Å². The maximum Gasteiger partial charge on any atom is 0.251 e. The number of pyridine rings is 1. The molecule has 3 rings (SSSR count). The second-order valence-electron chi connectivity index (χ2n) is 5.45. The molecule has 1 aliphatic rings. The molecule has 0 saturated carbocycles. The summed E-state index contributed by atoms with van der Waals surface area (Å²) in [5.41, 5.74) is 1.54. The van der Waals surface area contributed by atoms with E-state index in [2.05, 4.69) is 4.98 Å². The van der Waals surface area contributed by atoms with Crippen LogP contribution >= 0.6 is 0 Å². The summed E-state index contributed by atoms with van der Waals surface area (Å²) in [5, 5.41) is 0. The summed E-state index contributed by atoms with van der Waals surface area (Å²) in [6.07, 6.45) is 1.66. The van der Waals surface area contributed by atoms with Gasteiger partial charge < -0.3 is 9.30 Å². The Hall–Kier alpha value is -2.02. The highest BCUT2D eigenvalue weighted by Gasteiger charge is 2.23. The number of imidazole rings is 1. The number of fused-ring (bicyclic) bond motifs is 1. The Balaban J connectivity index is 1.56. The van der Waals surface area contributed by atoms with Crippen LogP contribution in [-0.2, 0) is 11.2 Å². The van der Waals surface area contributed by atoms with Crippen LogP contribution in [0.4, 0.5) is 8.78 Å². The number of nitrogens with zero attached hydrogens (tertiary/aromatic N) is 4. The molecule has 2 aromatic rings. The van der Waals surface area contributed by atoms with Crippen molar-refractivity contribution in [2.24, 2.45) is 0 Å². The van der Waals surface area contributed by atoms with Crippen LogP contribution < -0.4 is 0 Å². The predicted molar refractivity (Wildman–Crippen MR) is 77.9 cm³/mol. The molecule has 0 radical (unpaired) electrons. The van der Waals surface area contributed by atoms with Gasteiger partial charge in [-0.15, -0.1) is 0 Å². The van der Waals surface area contributed by atoms with Gasteiger partial charge in [-0.2, -0.15) is 0 Å². The minimum absolute atomic E-state index is 0.0000954. The Bertz CT molecular complexity index is 617. The van der Waals surface area contributed by atoms with Crippen LogP contribution in [0, 0.1) is 0 Å². The second-order valence-corrected chi connectivity index (χ2v) is 5.45.